The van der Waals surface area contributed by atoms with Crippen LogP contribution < -0.4 is 0 Å². The molecule has 1 aliphatic heterocycles. The summed E-state index contributed by atoms with van der Waals surface area (Å²) in [4.78, 5) is 4.86. The van der Waals surface area contributed by atoms with Gasteiger partial charge < -0.3 is 4.99 Å². The van der Waals surface area contributed by atoms with Crippen LogP contribution in [0.4, 0.5) is 0 Å². The van der Waals surface area contributed by atoms with Crippen molar-refractivity contribution in [2.75, 3.05) is 6.54 Å². The number of rotatable bonds is 1. The summed E-state index contributed by atoms with van der Waals surface area (Å²) in [7, 11) is 0. The maximum absolute atomic E-state index is 4.86. The van der Waals surface area contributed by atoms with Crippen molar-refractivity contribution in [2.24, 2.45) is 10.4 Å². The summed E-state index contributed by atoms with van der Waals surface area (Å²) in [5.74, 6) is 0. The van der Waals surface area contributed by atoms with Gasteiger partial charge in [-0.1, -0.05) is 63.1 Å². The molecule has 1 radical (unpaired) electrons. The van der Waals surface area contributed by atoms with E-state index >= 15 is 0 Å². The van der Waals surface area contributed by atoms with Crippen LogP contribution in [0.3, 0.4) is 0 Å². The van der Waals surface area contributed by atoms with Crippen LogP contribution in [0.25, 0.3) is 11.1 Å². The van der Waals surface area contributed by atoms with E-state index in [-0.39, 0.29) is 30.9 Å². The Morgan fingerprint density at radius 3 is 2.50 bits per heavy atom. The summed E-state index contributed by atoms with van der Waals surface area (Å²) in [5, 5.41) is 0. The van der Waals surface area contributed by atoms with Crippen molar-refractivity contribution in [1.82, 2.24) is 0 Å². The molecule has 2 aromatic carbocycles. The molecule has 4 rings (SSSR count). The summed E-state index contributed by atoms with van der Waals surface area (Å²) in [6.45, 7) is 10.2. The van der Waals surface area contributed by atoms with Gasteiger partial charge in [0, 0.05) is 26.7 Å². The normalized spacial score (nSPS) is 19.8. The van der Waals surface area contributed by atoms with Gasteiger partial charge in [0.25, 0.3) is 0 Å². The first kappa shape index (κ1) is 17.6. The summed E-state index contributed by atoms with van der Waals surface area (Å²) in [6.07, 6.45) is 2.40. The maximum Gasteiger partial charge on any atom is 0.0285 e. The van der Waals surface area contributed by atoms with Crippen LogP contribution >= 0.6 is 0 Å². The third-order valence-corrected chi connectivity index (χ3v) is 5.64. The second-order valence-corrected chi connectivity index (χ2v) is 8.06. The van der Waals surface area contributed by atoms with Gasteiger partial charge >= 0.3 is 0 Å². The molecular weight excluding hydrogens is 470 g/mol. The van der Waals surface area contributed by atoms with Crippen molar-refractivity contribution in [3.05, 3.63) is 59.2 Å². The number of nitrogens with zero attached hydrogens (tertiary/aromatic N) is 1. The van der Waals surface area contributed by atoms with E-state index in [1.54, 1.807) is 0 Å². The van der Waals surface area contributed by atoms with Crippen LogP contribution in [0, 0.1) is 11.5 Å². The molecule has 2 heteroatoms. The minimum absolute atomic E-state index is 0. The second kappa shape index (κ2) is 5.93. The van der Waals surface area contributed by atoms with E-state index in [9.17, 15) is 0 Å². The average Bonchev–Trinajstić information content (AvgIpc) is 2.75. The molecular formula is C22H24IrN-. The van der Waals surface area contributed by atoms with Gasteiger partial charge in [-0.25, -0.2) is 0 Å². The quantitative estimate of drug-likeness (QED) is 0.471. The molecule has 0 unspecified atom stereocenters. The molecule has 0 saturated carbocycles. The summed E-state index contributed by atoms with van der Waals surface area (Å²) >= 11 is 0. The summed E-state index contributed by atoms with van der Waals surface area (Å²) < 4.78 is 0. The number of fused-ring (bicyclic) bond motifs is 3. The standard InChI is InChI=1S/C22H24N.Ir/c1-21(2)12-7-13-23-20(21)15-10-11-17-16-8-5-6-9-18(16)22(3,4)19(17)14-15;/h5-6,8-9,11,14H,7,12-13H2,1-4H3;/q-1;. The molecule has 0 saturated heterocycles. The van der Waals surface area contributed by atoms with Gasteiger partial charge in [0.15, 0.2) is 0 Å². The molecule has 1 aliphatic carbocycles. The van der Waals surface area contributed by atoms with Crippen LogP contribution in [0.1, 0.15) is 57.2 Å². The van der Waals surface area contributed by atoms with E-state index in [2.05, 4.69) is 70.2 Å². The van der Waals surface area contributed by atoms with Gasteiger partial charge in [0.05, 0.1) is 0 Å². The number of benzene rings is 2. The van der Waals surface area contributed by atoms with Crippen molar-refractivity contribution >= 4 is 5.71 Å². The van der Waals surface area contributed by atoms with E-state index in [1.165, 1.54) is 46.4 Å². The number of hydrogen-bond donors (Lipinski definition) is 0. The zero-order chi connectivity index (χ0) is 16.2. The largest absolute Gasteiger partial charge is 0.337 e. The van der Waals surface area contributed by atoms with Crippen molar-refractivity contribution < 1.29 is 20.1 Å². The third kappa shape index (κ3) is 2.52. The first-order chi connectivity index (χ1) is 10.9. The van der Waals surface area contributed by atoms with E-state index in [0.717, 1.165) is 6.54 Å². The van der Waals surface area contributed by atoms with Crippen molar-refractivity contribution in [1.29, 1.82) is 0 Å². The molecule has 1 nitrogen and oxygen atoms in total. The fourth-order valence-corrected chi connectivity index (χ4v) is 4.27. The van der Waals surface area contributed by atoms with Crippen LogP contribution in [0.15, 0.2) is 41.4 Å². The molecule has 0 amide bonds. The predicted octanol–water partition coefficient (Wildman–Crippen LogP) is 5.40. The Bertz CT molecular complexity index is 814. The zero-order valence-corrected chi connectivity index (χ0v) is 17.3. The van der Waals surface area contributed by atoms with Crippen molar-refractivity contribution in [3.8, 4) is 11.1 Å². The maximum atomic E-state index is 4.86. The van der Waals surface area contributed by atoms with Crippen LogP contribution in [0.5, 0.6) is 0 Å². The van der Waals surface area contributed by atoms with Gasteiger partial charge in [0.1, 0.15) is 0 Å². The van der Waals surface area contributed by atoms with Crippen molar-refractivity contribution in [2.45, 2.75) is 46.0 Å². The second-order valence-electron chi connectivity index (χ2n) is 8.06. The monoisotopic (exact) mass is 495 g/mol. The molecule has 2 aromatic rings. The Hall–Kier alpha value is -1.24. The third-order valence-electron chi connectivity index (χ3n) is 5.64. The predicted molar refractivity (Wildman–Crippen MR) is 97.3 cm³/mol. The average molecular weight is 495 g/mol. The van der Waals surface area contributed by atoms with Gasteiger partial charge in [-0.3, -0.25) is 0 Å². The fourth-order valence-electron chi connectivity index (χ4n) is 4.27. The first-order valence-corrected chi connectivity index (χ1v) is 8.63. The van der Waals surface area contributed by atoms with E-state index < -0.39 is 0 Å². The minimum Gasteiger partial charge on any atom is -0.337 e. The summed E-state index contributed by atoms with van der Waals surface area (Å²) in [6, 6.07) is 16.8. The minimum atomic E-state index is 0. The molecule has 2 aliphatic rings. The molecule has 0 bridgehead atoms. The molecule has 24 heavy (non-hydrogen) atoms. The van der Waals surface area contributed by atoms with Gasteiger partial charge in [-0.2, -0.15) is 0 Å². The Morgan fingerprint density at radius 2 is 1.75 bits per heavy atom. The molecule has 127 valence electrons. The van der Waals surface area contributed by atoms with Crippen LogP contribution in [-0.2, 0) is 25.5 Å². The van der Waals surface area contributed by atoms with Gasteiger partial charge in [-0.15, -0.1) is 29.3 Å². The van der Waals surface area contributed by atoms with E-state index in [1.807, 2.05) is 0 Å². The SMILES string of the molecule is CC1(C)CCCN=C1c1[c-]cc2c(c1)C(C)(C)c1ccccc1-2.[Ir]. The first-order valence-electron chi connectivity index (χ1n) is 8.63. The number of hydrogen-bond acceptors (Lipinski definition) is 1. The Kier molecular flexibility index (Phi) is 4.34. The topological polar surface area (TPSA) is 12.4 Å². The van der Waals surface area contributed by atoms with E-state index in [4.69, 9.17) is 4.99 Å². The van der Waals surface area contributed by atoms with Crippen LogP contribution in [0.2, 0.25) is 0 Å². The molecule has 1 heterocycles. The Morgan fingerprint density at radius 1 is 1.00 bits per heavy atom. The Labute approximate surface area is 158 Å². The van der Waals surface area contributed by atoms with Gasteiger partial charge in [0.2, 0.25) is 0 Å². The van der Waals surface area contributed by atoms with Crippen molar-refractivity contribution in [3.63, 3.8) is 0 Å². The van der Waals surface area contributed by atoms with E-state index in [0.29, 0.717) is 0 Å². The van der Waals surface area contributed by atoms with Gasteiger partial charge in [-0.05, 0) is 34.9 Å². The smallest absolute Gasteiger partial charge is 0.0285 e. The van der Waals surface area contributed by atoms with Crippen LogP contribution in [-0.4, -0.2) is 12.3 Å². The Balaban J connectivity index is 0.00000169. The molecule has 0 spiro atoms. The summed E-state index contributed by atoms with van der Waals surface area (Å²) in [5.41, 5.74) is 8.16. The zero-order valence-electron chi connectivity index (χ0n) is 14.9. The molecule has 0 atom stereocenters. The molecule has 0 fully saturated rings. The molecule has 0 aromatic heterocycles. The fraction of sp³-hybridized carbons (Fsp3) is 0.409. The number of aliphatic imine (C=N–C) groups is 1. The molecule has 0 N–H and O–H groups in total.